The fraction of sp³-hybridized carbons (Fsp3) is 0.722. The molecule has 4 heterocycles. The highest BCUT2D eigenvalue weighted by Crippen LogP contribution is 2.43. The van der Waals surface area contributed by atoms with Crippen LogP contribution in [0.2, 0.25) is 0 Å². The molecule has 0 aliphatic carbocycles. The van der Waals surface area contributed by atoms with Gasteiger partial charge in [-0.1, -0.05) is 4.49 Å². The minimum atomic E-state index is -0.387. The lowest BCUT2D eigenvalue weighted by atomic mass is 9.76. The minimum Gasteiger partial charge on any atom is -0.483 e. The molecule has 3 saturated heterocycles. The van der Waals surface area contributed by atoms with Crippen LogP contribution in [0.25, 0.3) is 0 Å². The summed E-state index contributed by atoms with van der Waals surface area (Å²) in [4.78, 5) is 38.3. The van der Waals surface area contributed by atoms with Gasteiger partial charge in [0.05, 0.1) is 11.1 Å². The Labute approximate surface area is 167 Å². The fourth-order valence-corrected chi connectivity index (χ4v) is 4.93. The Balaban J connectivity index is 0.000000706. The molecule has 0 saturated carbocycles. The number of hydrogen-bond acceptors (Lipinski definition) is 8. The molecule has 3 aliphatic heterocycles. The number of likely N-dealkylation sites (tertiary alicyclic amines) is 2. The summed E-state index contributed by atoms with van der Waals surface area (Å²) in [6, 6.07) is 0. The lowest BCUT2D eigenvalue weighted by Crippen LogP contribution is -2.45. The van der Waals surface area contributed by atoms with Crippen LogP contribution in [0.1, 0.15) is 47.5 Å². The van der Waals surface area contributed by atoms with E-state index in [-0.39, 0.29) is 29.9 Å². The second kappa shape index (κ2) is 8.95. The van der Waals surface area contributed by atoms with Crippen molar-refractivity contribution in [2.24, 2.45) is 5.41 Å². The van der Waals surface area contributed by atoms with Crippen LogP contribution in [0.4, 0.5) is 0 Å². The number of ether oxygens (including phenoxy) is 1. The number of aryl methyl sites for hydroxylation is 1. The van der Waals surface area contributed by atoms with Gasteiger partial charge in [0.1, 0.15) is 11.0 Å². The first-order valence-electron chi connectivity index (χ1n) is 9.58. The normalized spacial score (nSPS) is 24.0. The number of nitrogens with zero attached hydrogens (tertiary/aromatic N) is 4. The van der Waals surface area contributed by atoms with Crippen molar-refractivity contribution in [2.75, 3.05) is 32.7 Å². The van der Waals surface area contributed by atoms with Crippen molar-refractivity contribution >= 4 is 29.9 Å². The highest BCUT2D eigenvalue weighted by atomic mass is 32.1. The van der Waals surface area contributed by atoms with Crippen molar-refractivity contribution in [2.45, 2.75) is 45.1 Å². The van der Waals surface area contributed by atoms with E-state index in [2.05, 4.69) is 14.5 Å². The van der Waals surface area contributed by atoms with E-state index in [4.69, 9.17) is 14.6 Å². The molecule has 1 unspecified atom stereocenters. The fourth-order valence-electron chi connectivity index (χ4n) is 4.31. The number of hydrogen-bond donors (Lipinski definition) is 1. The van der Waals surface area contributed by atoms with E-state index in [9.17, 15) is 9.59 Å². The third-order valence-electron chi connectivity index (χ3n) is 5.84. The summed E-state index contributed by atoms with van der Waals surface area (Å²) in [6.07, 6.45) is 4.69. The van der Waals surface area contributed by atoms with Crippen LogP contribution in [-0.2, 0) is 14.3 Å². The number of rotatable bonds is 3. The molecule has 1 atom stereocenters. The van der Waals surface area contributed by atoms with Gasteiger partial charge in [-0.3, -0.25) is 19.3 Å². The van der Waals surface area contributed by atoms with Gasteiger partial charge in [-0.25, -0.2) is 0 Å². The Morgan fingerprint density at radius 3 is 2.54 bits per heavy atom. The molecule has 10 heteroatoms. The van der Waals surface area contributed by atoms with Crippen LogP contribution in [0.3, 0.4) is 0 Å². The molecule has 3 fully saturated rings. The maximum Gasteiger partial charge on any atom is 0.312 e. The van der Waals surface area contributed by atoms with Crippen LogP contribution in [0, 0.1) is 12.3 Å². The third-order valence-corrected chi connectivity index (χ3v) is 6.66. The van der Waals surface area contributed by atoms with Crippen LogP contribution in [-0.4, -0.2) is 81.7 Å². The van der Waals surface area contributed by atoms with Gasteiger partial charge in [-0.2, -0.15) is 0 Å². The molecule has 154 valence electrons. The highest BCUT2D eigenvalue weighted by Gasteiger charge is 2.51. The molecule has 9 nitrogen and oxygen atoms in total. The van der Waals surface area contributed by atoms with Crippen molar-refractivity contribution < 1.29 is 24.2 Å². The topological polar surface area (TPSA) is 113 Å². The van der Waals surface area contributed by atoms with E-state index in [1.807, 2.05) is 4.90 Å². The predicted octanol–water partition coefficient (Wildman–Crippen LogP) is 1.18. The summed E-state index contributed by atoms with van der Waals surface area (Å²) in [7, 11) is 0. The van der Waals surface area contributed by atoms with E-state index < -0.39 is 0 Å². The lowest BCUT2D eigenvalue weighted by Gasteiger charge is -2.36. The maximum atomic E-state index is 12.6. The van der Waals surface area contributed by atoms with Crippen LogP contribution in [0.5, 0.6) is 0 Å². The number of carbonyl (C=O) groups is 3. The zero-order valence-electron chi connectivity index (χ0n) is 16.0. The van der Waals surface area contributed by atoms with Crippen molar-refractivity contribution in [1.82, 2.24) is 19.4 Å². The minimum absolute atomic E-state index is 0.0117. The van der Waals surface area contributed by atoms with Crippen molar-refractivity contribution in [1.29, 1.82) is 0 Å². The van der Waals surface area contributed by atoms with Gasteiger partial charge >= 0.3 is 5.97 Å². The van der Waals surface area contributed by atoms with Crippen LogP contribution < -0.4 is 0 Å². The number of piperidine rings is 1. The van der Waals surface area contributed by atoms with Crippen molar-refractivity contribution in [3.63, 3.8) is 0 Å². The first-order chi connectivity index (χ1) is 13.5. The Morgan fingerprint density at radius 1 is 1.32 bits per heavy atom. The van der Waals surface area contributed by atoms with Crippen LogP contribution in [0.15, 0.2) is 0 Å². The molecule has 1 spiro atoms. The summed E-state index contributed by atoms with van der Waals surface area (Å²) in [5, 5.41) is 10.8. The summed E-state index contributed by atoms with van der Waals surface area (Å²) in [5.41, 5.74) is 0.295. The summed E-state index contributed by atoms with van der Waals surface area (Å²) < 4.78 is 9.55. The molecule has 1 amide bonds. The summed E-state index contributed by atoms with van der Waals surface area (Å²) in [6.45, 7) is 5.85. The second-order valence-corrected chi connectivity index (χ2v) is 8.36. The average molecular weight is 410 g/mol. The van der Waals surface area contributed by atoms with Gasteiger partial charge < -0.3 is 14.7 Å². The van der Waals surface area contributed by atoms with E-state index in [0.717, 1.165) is 37.6 Å². The van der Waals surface area contributed by atoms with Gasteiger partial charge in [-0.05, 0) is 57.2 Å². The van der Waals surface area contributed by atoms with E-state index in [0.29, 0.717) is 36.5 Å². The standard InChI is InChI=1S/C17H24N4O3S.CH2O2/c1-12-14(25-19-18-12)15(22)21-8-4-17(5-9-21)10-13(24-16(17)23)11-20-6-2-3-7-20;2-1-3/h13H,2-11H2,1H3;1H,(H,2,3). The summed E-state index contributed by atoms with van der Waals surface area (Å²) in [5.74, 6) is -0.0678. The van der Waals surface area contributed by atoms with Gasteiger partial charge in [0.25, 0.3) is 12.4 Å². The molecule has 28 heavy (non-hydrogen) atoms. The number of carbonyl (C=O) groups excluding carboxylic acids is 2. The molecular weight excluding hydrogens is 384 g/mol. The van der Waals surface area contributed by atoms with E-state index in [1.54, 1.807) is 6.92 Å². The lowest BCUT2D eigenvalue weighted by molar-refractivity contribution is -0.151. The van der Waals surface area contributed by atoms with Gasteiger partial charge in [0.2, 0.25) is 0 Å². The monoisotopic (exact) mass is 410 g/mol. The average Bonchev–Trinajstić information content (AvgIpc) is 3.39. The number of aromatic nitrogens is 2. The number of cyclic esters (lactones) is 1. The largest absolute Gasteiger partial charge is 0.483 e. The molecule has 0 bridgehead atoms. The quantitative estimate of drug-likeness (QED) is 0.584. The Kier molecular flexibility index (Phi) is 6.61. The number of esters is 1. The highest BCUT2D eigenvalue weighted by molar-refractivity contribution is 7.07. The van der Waals surface area contributed by atoms with Gasteiger partial charge in [0, 0.05) is 26.1 Å². The van der Waals surface area contributed by atoms with Crippen molar-refractivity contribution in [3.05, 3.63) is 10.6 Å². The van der Waals surface area contributed by atoms with Crippen molar-refractivity contribution in [3.8, 4) is 0 Å². The SMILES string of the molecule is Cc1nnsc1C(=O)N1CCC2(CC1)CC(CN1CCCC1)OC2=O.O=CO. The molecular formula is C18H26N4O5S. The molecule has 1 aromatic rings. The first-order valence-corrected chi connectivity index (χ1v) is 10.4. The Bertz CT molecular complexity index is 711. The molecule has 4 rings (SSSR count). The Hall–Kier alpha value is -2.07. The molecule has 1 N–H and O–H groups in total. The van der Waals surface area contributed by atoms with Gasteiger partial charge in [-0.15, -0.1) is 5.10 Å². The van der Waals surface area contributed by atoms with E-state index >= 15 is 0 Å². The van der Waals surface area contributed by atoms with Crippen LogP contribution >= 0.6 is 11.5 Å². The first kappa shape index (κ1) is 20.7. The smallest absolute Gasteiger partial charge is 0.312 e. The zero-order valence-corrected chi connectivity index (χ0v) is 16.8. The summed E-state index contributed by atoms with van der Waals surface area (Å²) >= 11 is 1.14. The van der Waals surface area contributed by atoms with E-state index in [1.165, 1.54) is 12.8 Å². The Morgan fingerprint density at radius 2 is 1.96 bits per heavy atom. The zero-order chi connectivity index (χ0) is 20.1. The molecule has 3 aliphatic rings. The predicted molar refractivity (Wildman–Crippen MR) is 101 cm³/mol. The number of carboxylic acid groups (broad SMARTS) is 1. The maximum absolute atomic E-state index is 12.6. The number of amides is 1. The second-order valence-electron chi connectivity index (χ2n) is 7.60. The third kappa shape index (κ3) is 4.33. The van der Waals surface area contributed by atoms with Gasteiger partial charge in [0.15, 0.2) is 0 Å². The molecule has 0 radical (unpaired) electrons. The molecule has 0 aromatic carbocycles. The molecule has 1 aromatic heterocycles.